The minimum Gasteiger partial charge on any atom is -0.406 e. The van der Waals surface area contributed by atoms with Crippen LogP contribution in [0.25, 0.3) is 11.1 Å². The van der Waals surface area contributed by atoms with Gasteiger partial charge in [-0.25, -0.2) is 8.78 Å². The maximum atomic E-state index is 14.6. The largest absolute Gasteiger partial charge is 0.573 e. The SMILES string of the molecule is O=C(NCC1CCCCC1)C1CC(c2c(F)cccc2F)=NC1c1ccc(-c2ccc(OC(F)(F)F)cc2)cc1. The Labute approximate surface area is 229 Å². The van der Waals surface area contributed by atoms with Gasteiger partial charge in [-0.1, -0.05) is 61.7 Å². The Kier molecular flexibility index (Phi) is 8.19. The number of carbonyl (C=O) groups is 1. The number of carbonyl (C=O) groups excluding carboxylic acids is 1. The van der Waals surface area contributed by atoms with Gasteiger partial charge in [0.25, 0.3) is 0 Å². The summed E-state index contributed by atoms with van der Waals surface area (Å²) < 4.78 is 70.6. The number of nitrogens with zero attached hydrogens (tertiary/aromatic N) is 1. The van der Waals surface area contributed by atoms with Gasteiger partial charge in [0.15, 0.2) is 0 Å². The van der Waals surface area contributed by atoms with Gasteiger partial charge >= 0.3 is 6.36 Å². The Morgan fingerprint density at radius 1 is 0.875 bits per heavy atom. The molecule has 0 saturated heterocycles. The van der Waals surface area contributed by atoms with Crippen LogP contribution in [0, 0.1) is 23.5 Å². The third-order valence-corrected chi connectivity index (χ3v) is 7.64. The molecule has 210 valence electrons. The smallest absolute Gasteiger partial charge is 0.406 e. The van der Waals surface area contributed by atoms with Crippen molar-refractivity contribution in [3.63, 3.8) is 0 Å². The summed E-state index contributed by atoms with van der Waals surface area (Å²) in [6.45, 7) is 0.568. The quantitative estimate of drug-likeness (QED) is 0.302. The number of benzene rings is 3. The zero-order valence-corrected chi connectivity index (χ0v) is 21.7. The molecule has 4 nitrogen and oxygen atoms in total. The molecule has 2 aliphatic rings. The Balaban J connectivity index is 1.38. The monoisotopic (exact) mass is 556 g/mol. The van der Waals surface area contributed by atoms with Crippen LogP contribution in [-0.2, 0) is 4.79 Å². The molecule has 1 heterocycles. The summed E-state index contributed by atoms with van der Waals surface area (Å²) in [5.74, 6) is -2.18. The van der Waals surface area contributed by atoms with Gasteiger partial charge in [-0.2, -0.15) is 0 Å². The van der Waals surface area contributed by atoms with Crippen LogP contribution in [0.4, 0.5) is 22.0 Å². The molecule has 3 aromatic carbocycles. The normalized spacial score (nSPS) is 19.8. The lowest BCUT2D eigenvalue weighted by Gasteiger charge is -2.24. The lowest BCUT2D eigenvalue weighted by molar-refractivity contribution is -0.274. The summed E-state index contributed by atoms with van der Waals surface area (Å²) in [6, 6.07) is 15.6. The highest BCUT2D eigenvalue weighted by atomic mass is 19.4. The number of ether oxygens (including phenoxy) is 1. The van der Waals surface area contributed by atoms with E-state index in [0.29, 0.717) is 23.6 Å². The first-order valence-corrected chi connectivity index (χ1v) is 13.4. The summed E-state index contributed by atoms with van der Waals surface area (Å²) in [4.78, 5) is 18.0. The van der Waals surface area contributed by atoms with Crippen molar-refractivity contribution in [1.82, 2.24) is 5.32 Å². The van der Waals surface area contributed by atoms with Crippen molar-refractivity contribution in [3.05, 3.63) is 89.5 Å². The number of aliphatic imine (C=N–C) groups is 1. The molecular weight excluding hydrogens is 527 g/mol. The Bertz CT molecular complexity index is 1340. The van der Waals surface area contributed by atoms with E-state index in [0.717, 1.165) is 31.2 Å². The number of hydrogen-bond acceptors (Lipinski definition) is 3. The van der Waals surface area contributed by atoms with Crippen molar-refractivity contribution in [1.29, 1.82) is 0 Å². The molecule has 1 fully saturated rings. The van der Waals surface area contributed by atoms with Crippen molar-refractivity contribution in [3.8, 4) is 16.9 Å². The Hall–Kier alpha value is -3.75. The molecule has 0 radical (unpaired) electrons. The molecule has 9 heteroatoms. The van der Waals surface area contributed by atoms with E-state index >= 15 is 0 Å². The molecule has 0 bridgehead atoms. The van der Waals surface area contributed by atoms with Crippen LogP contribution < -0.4 is 10.1 Å². The highest BCUT2D eigenvalue weighted by Gasteiger charge is 2.38. The van der Waals surface area contributed by atoms with Crippen LogP contribution in [0.2, 0.25) is 0 Å². The first-order valence-electron chi connectivity index (χ1n) is 13.4. The Morgan fingerprint density at radius 3 is 2.08 bits per heavy atom. The van der Waals surface area contributed by atoms with Gasteiger partial charge in [0.2, 0.25) is 5.91 Å². The molecule has 2 atom stereocenters. The number of nitrogens with one attached hydrogen (secondary N) is 1. The minimum absolute atomic E-state index is 0.0986. The van der Waals surface area contributed by atoms with E-state index in [-0.39, 0.29) is 29.4 Å². The van der Waals surface area contributed by atoms with Gasteiger partial charge in [-0.15, -0.1) is 13.2 Å². The lowest BCUT2D eigenvalue weighted by atomic mass is 9.88. The van der Waals surface area contributed by atoms with Gasteiger partial charge in [0, 0.05) is 18.7 Å². The zero-order chi connectivity index (χ0) is 28.3. The van der Waals surface area contributed by atoms with Crippen molar-refractivity contribution in [2.45, 2.75) is 50.9 Å². The van der Waals surface area contributed by atoms with Crippen LogP contribution in [0.3, 0.4) is 0 Å². The van der Waals surface area contributed by atoms with Gasteiger partial charge in [0.1, 0.15) is 17.4 Å². The zero-order valence-electron chi connectivity index (χ0n) is 21.7. The fraction of sp³-hybridized carbons (Fsp3) is 0.355. The first kappa shape index (κ1) is 27.8. The molecule has 1 aliphatic heterocycles. The summed E-state index contributed by atoms with van der Waals surface area (Å²) in [7, 11) is 0. The van der Waals surface area contributed by atoms with Crippen molar-refractivity contribution in [2.24, 2.45) is 16.8 Å². The van der Waals surface area contributed by atoms with Crippen molar-refractivity contribution < 1.29 is 31.5 Å². The van der Waals surface area contributed by atoms with Gasteiger partial charge in [-0.05, 0) is 59.7 Å². The average molecular weight is 557 g/mol. The fourth-order valence-corrected chi connectivity index (χ4v) is 5.60. The maximum Gasteiger partial charge on any atom is 0.573 e. The minimum atomic E-state index is -4.77. The van der Waals surface area contributed by atoms with E-state index in [4.69, 9.17) is 0 Å². The van der Waals surface area contributed by atoms with Crippen LogP contribution in [-0.4, -0.2) is 24.5 Å². The average Bonchev–Trinajstić information content (AvgIpc) is 3.37. The summed E-state index contributed by atoms with van der Waals surface area (Å²) in [5.41, 5.74) is 2.11. The standard InChI is InChI=1S/C31H29F5N2O2/c32-25-7-4-8-26(33)28(25)27-17-24(30(39)37-18-19-5-2-1-3-6-19)29(38-27)22-11-9-20(10-12-22)21-13-15-23(16-14-21)40-31(34,35)36/h4,7-16,19,24,29H,1-3,5-6,17-18H2,(H,37,39). The van der Waals surface area contributed by atoms with Gasteiger partial charge < -0.3 is 10.1 Å². The predicted octanol–water partition coefficient (Wildman–Crippen LogP) is 7.78. The molecule has 1 amide bonds. The molecule has 1 aliphatic carbocycles. The third kappa shape index (κ3) is 6.51. The number of halogens is 5. The van der Waals surface area contributed by atoms with Crippen molar-refractivity contribution >= 4 is 11.6 Å². The molecule has 5 rings (SSSR count). The lowest BCUT2D eigenvalue weighted by Crippen LogP contribution is -2.36. The summed E-state index contributed by atoms with van der Waals surface area (Å²) in [6.07, 6.45) is 0.981. The molecular formula is C31H29F5N2O2. The topological polar surface area (TPSA) is 50.7 Å². The second kappa shape index (κ2) is 11.8. The second-order valence-corrected chi connectivity index (χ2v) is 10.4. The van der Waals surface area contributed by atoms with Crippen molar-refractivity contribution in [2.75, 3.05) is 6.54 Å². The molecule has 1 N–H and O–H groups in total. The van der Waals surface area contributed by atoms with Gasteiger partial charge in [0.05, 0.1) is 17.5 Å². The second-order valence-electron chi connectivity index (χ2n) is 10.4. The molecule has 40 heavy (non-hydrogen) atoms. The van der Waals surface area contributed by atoms with Gasteiger partial charge in [-0.3, -0.25) is 9.79 Å². The van der Waals surface area contributed by atoms with Crippen LogP contribution in [0.15, 0.2) is 71.7 Å². The third-order valence-electron chi connectivity index (χ3n) is 7.64. The van der Waals surface area contributed by atoms with Crippen LogP contribution in [0.1, 0.15) is 55.7 Å². The van der Waals surface area contributed by atoms with E-state index in [1.54, 1.807) is 24.3 Å². The number of rotatable bonds is 7. The van der Waals surface area contributed by atoms with Crippen LogP contribution in [0.5, 0.6) is 5.75 Å². The maximum absolute atomic E-state index is 14.6. The van der Waals surface area contributed by atoms with E-state index in [1.807, 2.05) is 0 Å². The van der Waals surface area contributed by atoms with E-state index < -0.39 is 30.0 Å². The highest BCUT2D eigenvalue weighted by Crippen LogP contribution is 2.39. The number of hydrogen-bond donors (Lipinski definition) is 1. The fourth-order valence-electron chi connectivity index (χ4n) is 5.60. The first-order chi connectivity index (χ1) is 19.2. The summed E-state index contributed by atoms with van der Waals surface area (Å²) >= 11 is 0. The summed E-state index contributed by atoms with van der Waals surface area (Å²) in [5, 5.41) is 3.06. The molecule has 1 saturated carbocycles. The molecule has 3 aromatic rings. The number of alkyl halides is 3. The highest BCUT2D eigenvalue weighted by molar-refractivity contribution is 6.05. The van der Waals surface area contributed by atoms with E-state index in [9.17, 15) is 26.7 Å². The molecule has 0 spiro atoms. The van der Waals surface area contributed by atoms with E-state index in [1.165, 1.54) is 48.9 Å². The van der Waals surface area contributed by atoms with Crippen LogP contribution >= 0.6 is 0 Å². The molecule has 2 unspecified atom stereocenters. The van der Waals surface area contributed by atoms with E-state index in [2.05, 4.69) is 15.0 Å². The molecule has 0 aromatic heterocycles. The number of amides is 1. The Morgan fingerprint density at radius 2 is 1.48 bits per heavy atom. The predicted molar refractivity (Wildman–Crippen MR) is 142 cm³/mol.